The van der Waals surface area contributed by atoms with E-state index in [1.165, 1.54) is 11.8 Å². The van der Waals surface area contributed by atoms with Crippen molar-refractivity contribution in [3.05, 3.63) is 40.8 Å². The molecule has 2 aromatic rings. The monoisotopic (exact) mass is 271 g/mol. The maximum atomic E-state index is 6.01. The van der Waals surface area contributed by atoms with E-state index in [0.29, 0.717) is 20.8 Å². The highest BCUT2D eigenvalue weighted by atomic mass is 35.5. The quantitative estimate of drug-likeness (QED) is 0.908. The summed E-state index contributed by atoms with van der Waals surface area (Å²) in [7, 11) is 0. The molecule has 0 radical (unpaired) electrons. The van der Waals surface area contributed by atoms with E-state index in [9.17, 15) is 0 Å². The number of halogens is 2. The Hall–Kier alpha value is -0.970. The first-order valence-electron chi connectivity index (χ1n) is 4.35. The van der Waals surface area contributed by atoms with Gasteiger partial charge in [-0.25, -0.2) is 4.98 Å². The smallest absolute Gasteiger partial charge is 0.120 e. The van der Waals surface area contributed by atoms with Crippen molar-refractivity contribution in [2.24, 2.45) is 0 Å². The fraction of sp³-hybridized carbons (Fsp3) is 0. The van der Waals surface area contributed by atoms with E-state index < -0.39 is 0 Å². The molecule has 0 saturated heterocycles. The number of nitrogen functional groups attached to an aromatic ring is 1. The molecule has 0 fully saturated rings. The van der Waals surface area contributed by atoms with Gasteiger partial charge in [0.1, 0.15) is 5.03 Å². The van der Waals surface area contributed by atoms with Crippen molar-refractivity contribution < 1.29 is 0 Å². The summed E-state index contributed by atoms with van der Waals surface area (Å²) in [6, 6.07) is 3.46. The van der Waals surface area contributed by atoms with Gasteiger partial charge in [-0.3, -0.25) is 4.98 Å². The summed E-state index contributed by atoms with van der Waals surface area (Å²) in [5, 5.41) is 1.69. The molecule has 0 aliphatic carbocycles. The van der Waals surface area contributed by atoms with Crippen LogP contribution < -0.4 is 5.73 Å². The van der Waals surface area contributed by atoms with Gasteiger partial charge >= 0.3 is 0 Å². The molecule has 0 atom stereocenters. The minimum atomic E-state index is 0.508. The van der Waals surface area contributed by atoms with Crippen molar-refractivity contribution in [2.75, 3.05) is 5.73 Å². The molecular formula is C10H7Cl2N3S. The minimum absolute atomic E-state index is 0.508. The molecule has 0 saturated carbocycles. The average molecular weight is 272 g/mol. The summed E-state index contributed by atoms with van der Waals surface area (Å²) in [6.07, 6.45) is 4.81. The molecular weight excluding hydrogens is 265 g/mol. The third-order valence-electron chi connectivity index (χ3n) is 1.79. The van der Waals surface area contributed by atoms with E-state index in [0.717, 1.165) is 4.90 Å². The zero-order chi connectivity index (χ0) is 11.5. The number of nitrogens with two attached hydrogens (primary N) is 1. The van der Waals surface area contributed by atoms with Crippen molar-refractivity contribution >= 4 is 40.7 Å². The molecule has 0 amide bonds. The Balaban J connectivity index is 2.31. The molecule has 82 valence electrons. The standard InChI is InChI=1S/C10H7Cl2N3S/c11-6-3-7(12)10(15-4-6)16-9-1-2-14-5-8(9)13/h1-5H,13H2. The van der Waals surface area contributed by atoms with Gasteiger partial charge in [0.2, 0.25) is 0 Å². The van der Waals surface area contributed by atoms with Crippen LogP contribution in [0.4, 0.5) is 5.69 Å². The van der Waals surface area contributed by atoms with Gasteiger partial charge in [-0.1, -0.05) is 35.0 Å². The third kappa shape index (κ3) is 2.58. The first-order valence-corrected chi connectivity index (χ1v) is 5.92. The van der Waals surface area contributed by atoms with Crippen LogP contribution in [0.5, 0.6) is 0 Å². The van der Waals surface area contributed by atoms with E-state index in [-0.39, 0.29) is 0 Å². The Bertz CT molecular complexity index is 519. The summed E-state index contributed by atoms with van der Waals surface area (Å²) < 4.78 is 0. The molecule has 0 spiro atoms. The second-order valence-electron chi connectivity index (χ2n) is 2.96. The van der Waals surface area contributed by atoms with Crippen molar-refractivity contribution in [1.82, 2.24) is 9.97 Å². The lowest BCUT2D eigenvalue weighted by molar-refractivity contribution is 1.13. The highest BCUT2D eigenvalue weighted by Crippen LogP contribution is 2.34. The predicted octanol–water partition coefficient (Wildman–Crippen LogP) is 3.52. The molecule has 0 aliphatic heterocycles. The van der Waals surface area contributed by atoms with Gasteiger partial charge in [0.15, 0.2) is 0 Å². The Morgan fingerprint density at radius 1 is 1.25 bits per heavy atom. The maximum Gasteiger partial charge on any atom is 0.120 e. The summed E-state index contributed by atoms with van der Waals surface area (Å²) in [6.45, 7) is 0. The van der Waals surface area contributed by atoms with Crippen LogP contribution in [0, 0.1) is 0 Å². The number of nitrogens with zero attached hydrogens (tertiary/aromatic N) is 2. The molecule has 2 N–H and O–H groups in total. The zero-order valence-electron chi connectivity index (χ0n) is 8.02. The van der Waals surface area contributed by atoms with Crippen LogP contribution >= 0.6 is 35.0 Å². The molecule has 0 aliphatic rings. The van der Waals surface area contributed by atoms with Gasteiger partial charge in [0.05, 0.1) is 21.9 Å². The second kappa shape index (κ2) is 4.91. The summed E-state index contributed by atoms with van der Waals surface area (Å²) >= 11 is 13.2. The first kappa shape index (κ1) is 11.5. The minimum Gasteiger partial charge on any atom is -0.397 e. The molecule has 0 bridgehead atoms. The lowest BCUT2D eigenvalue weighted by atomic mass is 10.4. The Morgan fingerprint density at radius 3 is 2.75 bits per heavy atom. The molecule has 6 heteroatoms. The lowest BCUT2D eigenvalue weighted by Gasteiger charge is -2.05. The molecule has 2 aromatic heterocycles. The Morgan fingerprint density at radius 2 is 2.06 bits per heavy atom. The van der Waals surface area contributed by atoms with Gasteiger partial charge in [0.25, 0.3) is 0 Å². The zero-order valence-corrected chi connectivity index (χ0v) is 10.4. The fourth-order valence-corrected chi connectivity index (χ4v) is 2.33. The van der Waals surface area contributed by atoms with Crippen molar-refractivity contribution in [2.45, 2.75) is 9.92 Å². The normalized spacial score (nSPS) is 10.4. The van der Waals surface area contributed by atoms with Crippen molar-refractivity contribution in [1.29, 1.82) is 0 Å². The topological polar surface area (TPSA) is 51.8 Å². The number of anilines is 1. The van der Waals surface area contributed by atoms with Crippen LogP contribution in [0.3, 0.4) is 0 Å². The highest BCUT2D eigenvalue weighted by molar-refractivity contribution is 7.99. The van der Waals surface area contributed by atoms with Gasteiger partial charge in [-0.05, 0) is 12.1 Å². The SMILES string of the molecule is Nc1cnccc1Sc1ncc(Cl)cc1Cl. The number of rotatable bonds is 2. The highest BCUT2D eigenvalue weighted by Gasteiger charge is 2.07. The third-order valence-corrected chi connectivity index (χ3v) is 3.51. The summed E-state index contributed by atoms with van der Waals surface area (Å²) in [5.74, 6) is 0. The number of pyridine rings is 2. The predicted molar refractivity (Wildman–Crippen MR) is 67.0 cm³/mol. The van der Waals surface area contributed by atoms with Crippen LogP contribution in [0.2, 0.25) is 10.0 Å². The van der Waals surface area contributed by atoms with Crippen LogP contribution in [-0.4, -0.2) is 9.97 Å². The molecule has 2 heterocycles. The molecule has 3 nitrogen and oxygen atoms in total. The van der Waals surface area contributed by atoms with Gasteiger partial charge in [-0.15, -0.1) is 0 Å². The number of hydrogen-bond donors (Lipinski definition) is 1. The van der Waals surface area contributed by atoms with Gasteiger partial charge < -0.3 is 5.73 Å². The summed E-state index contributed by atoms with van der Waals surface area (Å²) in [4.78, 5) is 8.91. The van der Waals surface area contributed by atoms with E-state index in [4.69, 9.17) is 28.9 Å². The number of hydrogen-bond acceptors (Lipinski definition) is 4. The van der Waals surface area contributed by atoms with E-state index in [1.807, 2.05) is 6.07 Å². The molecule has 0 aromatic carbocycles. The first-order chi connectivity index (χ1) is 7.66. The van der Waals surface area contributed by atoms with Crippen LogP contribution in [0.1, 0.15) is 0 Å². The van der Waals surface area contributed by atoms with E-state index in [1.54, 1.807) is 24.7 Å². The van der Waals surface area contributed by atoms with Crippen molar-refractivity contribution in [3.8, 4) is 0 Å². The van der Waals surface area contributed by atoms with Crippen molar-refractivity contribution in [3.63, 3.8) is 0 Å². The van der Waals surface area contributed by atoms with E-state index >= 15 is 0 Å². The summed E-state index contributed by atoms with van der Waals surface area (Å²) in [5.41, 5.74) is 6.37. The fourth-order valence-electron chi connectivity index (χ4n) is 1.07. The largest absolute Gasteiger partial charge is 0.397 e. The number of aromatic nitrogens is 2. The average Bonchev–Trinajstić information content (AvgIpc) is 2.25. The Labute approximate surface area is 107 Å². The van der Waals surface area contributed by atoms with Crippen LogP contribution in [0.15, 0.2) is 40.6 Å². The molecule has 0 unspecified atom stereocenters. The van der Waals surface area contributed by atoms with E-state index in [2.05, 4.69) is 9.97 Å². The van der Waals surface area contributed by atoms with Crippen LogP contribution in [0.25, 0.3) is 0 Å². The molecule has 16 heavy (non-hydrogen) atoms. The van der Waals surface area contributed by atoms with Gasteiger partial charge in [-0.2, -0.15) is 0 Å². The Kier molecular flexibility index (Phi) is 3.53. The molecule has 2 rings (SSSR count). The lowest BCUT2D eigenvalue weighted by Crippen LogP contribution is -1.90. The maximum absolute atomic E-state index is 6.01. The van der Waals surface area contributed by atoms with Crippen LogP contribution in [-0.2, 0) is 0 Å². The van der Waals surface area contributed by atoms with Gasteiger partial charge in [0, 0.05) is 17.3 Å². The second-order valence-corrected chi connectivity index (χ2v) is 4.83.